The quantitative estimate of drug-likeness (QED) is 0.767. The van der Waals surface area contributed by atoms with Gasteiger partial charge in [-0.25, -0.2) is 0 Å². The second-order valence-electron chi connectivity index (χ2n) is 3.51. The van der Waals surface area contributed by atoms with Crippen molar-refractivity contribution in [3.8, 4) is 0 Å². The molecule has 1 aromatic carbocycles. The van der Waals surface area contributed by atoms with E-state index in [-0.39, 0.29) is 0 Å². The highest BCUT2D eigenvalue weighted by atomic mass is 79.9. The lowest BCUT2D eigenvalue weighted by molar-refractivity contribution is 0.903. The fraction of sp³-hybridized carbons (Fsp3) is 0.167. The summed E-state index contributed by atoms with van der Waals surface area (Å²) in [5.41, 5.74) is 1.14. The van der Waals surface area contributed by atoms with Gasteiger partial charge in [0.15, 0.2) is 0 Å². The van der Waals surface area contributed by atoms with Crippen molar-refractivity contribution in [3.63, 3.8) is 0 Å². The van der Waals surface area contributed by atoms with Gasteiger partial charge in [0.05, 0.1) is 6.04 Å². The van der Waals surface area contributed by atoms with Crippen LogP contribution in [0.3, 0.4) is 0 Å². The smallest absolute Gasteiger partial charge is 0.0589 e. The van der Waals surface area contributed by atoms with E-state index in [0.717, 1.165) is 10.2 Å². The standard InChI is InChI=1S/C12H11Br2NS/c1-8(12-11(14)6-7-16-12)15-10-4-2-9(13)3-5-10/h2-8,15H,1H3. The summed E-state index contributed by atoms with van der Waals surface area (Å²) in [4.78, 5) is 1.32. The molecule has 1 atom stereocenters. The van der Waals surface area contributed by atoms with Crippen LogP contribution >= 0.6 is 43.2 Å². The maximum absolute atomic E-state index is 3.55. The van der Waals surface area contributed by atoms with Crippen molar-refractivity contribution in [2.45, 2.75) is 13.0 Å². The largest absolute Gasteiger partial charge is 0.378 e. The number of nitrogens with one attached hydrogen (secondary N) is 1. The molecule has 0 spiro atoms. The number of hydrogen-bond donors (Lipinski definition) is 1. The Morgan fingerprint density at radius 2 is 1.81 bits per heavy atom. The fourth-order valence-electron chi connectivity index (χ4n) is 1.48. The van der Waals surface area contributed by atoms with Gasteiger partial charge in [-0.2, -0.15) is 0 Å². The van der Waals surface area contributed by atoms with Gasteiger partial charge >= 0.3 is 0 Å². The first kappa shape index (κ1) is 12.1. The van der Waals surface area contributed by atoms with Gasteiger partial charge in [0.25, 0.3) is 0 Å². The molecule has 1 heterocycles. The van der Waals surface area contributed by atoms with E-state index in [4.69, 9.17) is 0 Å². The molecule has 16 heavy (non-hydrogen) atoms. The van der Waals surface area contributed by atoms with Crippen molar-refractivity contribution in [2.75, 3.05) is 5.32 Å². The van der Waals surface area contributed by atoms with Crippen LogP contribution in [0.2, 0.25) is 0 Å². The summed E-state index contributed by atoms with van der Waals surface area (Å²) < 4.78 is 2.28. The van der Waals surface area contributed by atoms with Crippen LogP contribution in [0.4, 0.5) is 5.69 Å². The third-order valence-electron chi connectivity index (χ3n) is 2.27. The molecule has 0 fully saturated rings. The molecule has 1 unspecified atom stereocenters. The first-order valence-corrected chi connectivity index (χ1v) is 7.38. The Labute approximate surface area is 116 Å². The van der Waals surface area contributed by atoms with Gasteiger partial charge in [-0.3, -0.25) is 0 Å². The summed E-state index contributed by atoms with van der Waals surface area (Å²) in [5, 5.41) is 5.57. The van der Waals surface area contributed by atoms with Crippen molar-refractivity contribution >= 4 is 48.9 Å². The molecule has 1 N–H and O–H groups in total. The highest BCUT2D eigenvalue weighted by Gasteiger charge is 2.10. The Morgan fingerprint density at radius 1 is 1.12 bits per heavy atom. The predicted octanol–water partition coefficient (Wildman–Crippen LogP) is 5.45. The molecule has 0 amide bonds. The van der Waals surface area contributed by atoms with Crippen molar-refractivity contribution in [1.29, 1.82) is 0 Å². The average molecular weight is 361 g/mol. The number of thiophene rings is 1. The number of halogens is 2. The Bertz CT molecular complexity index is 464. The van der Waals surface area contributed by atoms with Gasteiger partial charge in [0.2, 0.25) is 0 Å². The predicted molar refractivity (Wildman–Crippen MR) is 78.2 cm³/mol. The lowest BCUT2D eigenvalue weighted by Crippen LogP contribution is -2.04. The highest BCUT2D eigenvalue weighted by molar-refractivity contribution is 9.10. The van der Waals surface area contributed by atoms with E-state index in [2.05, 4.69) is 67.7 Å². The lowest BCUT2D eigenvalue weighted by atomic mass is 10.2. The van der Waals surface area contributed by atoms with Crippen molar-refractivity contribution in [3.05, 3.63) is 49.5 Å². The van der Waals surface area contributed by atoms with Crippen LogP contribution < -0.4 is 5.32 Å². The minimum atomic E-state index is 0.315. The molecule has 1 nitrogen and oxygen atoms in total. The van der Waals surface area contributed by atoms with Crippen molar-refractivity contribution in [2.24, 2.45) is 0 Å². The van der Waals surface area contributed by atoms with Crippen molar-refractivity contribution in [1.82, 2.24) is 0 Å². The SMILES string of the molecule is CC(Nc1ccc(Br)cc1)c1sccc1Br. The highest BCUT2D eigenvalue weighted by Crippen LogP contribution is 2.31. The van der Waals surface area contributed by atoms with E-state index in [9.17, 15) is 0 Å². The number of benzene rings is 1. The van der Waals surface area contributed by atoms with E-state index >= 15 is 0 Å². The van der Waals surface area contributed by atoms with Gasteiger partial charge in [0, 0.05) is 19.5 Å². The maximum Gasteiger partial charge on any atom is 0.0589 e. The van der Waals surface area contributed by atoms with Crippen LogP contribution in [-0.4, -0.2) is 0 Å². The minimum absolute atomic E-state index is 0.315. The van der Waals surface area contributed by atoms with Crippen LogP contribution in [0.25, 0.3) is 0 Å². The molecule has 0 saturated carbocycles. The molecule has 2 aromatic rings. The molecule has 0 saturated heterocycles. The molecule has 0 bridgehead atoms. The first-order chi connectivity index (χ1) is 7.66. The van der Waals surface area contributed by atoms with E-state index in [1.54, 1.807) is 11.3 Å². The third kappa shape index (κ3) is 2.87. The molecule has 4 heteroatoms. The number of anilines is 1. The number of hydrogen-bond acceptors (Lipinski definition) is 2. The maximum atomic E-state index is 3.55. The zero-order valence-electron chi connectivity index (χ0n) is 8.71. The van der Waals surface area contributed by atoms with E-state index in [0.29, 0.717) is 6.04 Å². The van der Waals surface area contributed by atoms with Crippen LogP contribution in [0.5, 0.6) is 0 Å². The molecule has 0 radical (unpaired) electrons. The summed E-state index contributed by atoms with van der Waals surface area (Å²) in [6.45, 7) is 2.17. The second-order valence-corrected chi connectivity index (χ2v) is 6.22. The van der Waals surface area contributed by atoms with Crippen molar-refractivity contribution < 1.29 is 0 Å². The van der Waals surface area contributed by atoms with Gasteiger partial charge < -0.3 is 5.32 Å². The number of rotatable bonds is 3. The normalized spacial score (nSPS) is 12.4. The zero-order valence-corrected chi connectivity index (χ0v) is 12.7. The summed E-state index contributed by atoms with van der Waals surface area (Å²) in [5.74, 6) is 0. The lowest BCUT2D eigenvalue weighted by Gasteiger charge is -2.14. The summed E-state index contributed by atoms with van der Waals surface area (Å²) >= 11 is 8.74. The van der Waals surface area contributed by atoms with Crippen LogP contribution in [0.1, 0.15) is 17.8 Å². The van der Waals surface area contributed by atoms with E-state index < -0.39 is 0 Å². The summed E-state index contributed by atoms with van der Waals surface area (Å²) in [6, 6.07) is 10.6. The molecule has 0 aliphatic rings. The van der Waals surface area contributed by atoms with Crippen LogP contribution in [-0.2, 0) is 0 Å². The fourth-order valence-corrected chi connectivity index (χ4v) is 3.47. The second kappa shape index (κ2) is 5.34. The van der Waals surface area contributed by atoms with Gasteiger partial charge in [0.1, 0.15) is 0 Å². The Kier molecular flexibility index (Phi) is 4.05. The molecule has 0 aliphatic carbocycles. The first-order valence-electron chi connectivity index (χ1n) is 4.92. The Hall–Kier alpha value is -0.320. The minimum Gasteiger partial charge on any atom is -0.378 e. The Balaban J connectivity index is 2.10. The van der Waals surface area contributed by atoms with E-state index in [1.165, 1.54) is 9.35 Å². The monoisotopic (exact) mass is 359 g/mol. The van der Waals surface area contributed by atoms with Crippen LogP contribution in [0.15, 0.2) is 44.7 Å². The Morgan fingerprint density at radius 3 is 2.38 bits per heavy atom. The third-order valence-corrected chi connectivity index (χ3v) is 4.85. The molecule has 1 aromatic heterocycles. The molecular formula is C12H11Br2NS. The molecule has 2 rings (SSSR count). The average Bonchev–Trinajstić information content (AvgIpc) is 2.68. The summed E-state index contributed by atoms with van der Waals surface area (Å²) in [6.07, 6.45) is 0. The zero-order chi connectivity index (χ0) is 11.5. The van der Waals surface area contributed by atoms with E-state index in [1.807, 2.05) is 12.1 Å². The topological polar surface area (TPSA) is 12.0 Å². The molecule has 0 aliphatic heterocycles. The van der Waals surface area contributed by atoms with Gasteiger partial charge in [-0.15, -0.1) is 11.3 Å². The molecule has 84 valence electrons. The molecular weight excluding hydrogens is 350 g/mol. The van der Waals surface area contributed by atoms with Crippen LogP contribution in [0, 0.1) is 0 Å². The van der Waals surface area contributed by atoms with Gasteiger partial charge in [-0.1, -0.05) is 15.9 Å². The van der Waals surface area contributed by atoms with Gasteiger partial charge in [-0.05, 0) is 58.6 Å². The summed E-state index contributed by atoms with van der Waals surface area (Å²) in [7, 11) is 0.